The first kappa shape index (κ1) is 101. The molecule has 0 fully saturated rings. The molecule has 0 aliphatic rings. The van der Waals surface area contributed by atoms with Gasteiger partial charge in [0.05, 0.1) is 26.4 Å². The number of carbonyl (C=O) groups excluding carboxylic acids is 4. The maximum Gasteiger partial charge on any atom is 0.472 e. The summed E-state index contributed by atoms with van der Waals surface area (Å²) in [7, 11) is -9.98. The minimum absolute atomic E-state index is 0.0764. The Hall–Kier alpha value is -5.06. The molecular formula is C87H146O17P2. The van der Waals surface area contributed by atoms with Crippen molar-refractivity contribution in [2.45, 2.75) is 341 Å². The number of phosphoric ester groups is 2. The van der Waals surface area contributed by atoms with E-state index in [2.05, 4.69) is 174 Å². The third-order valence-electron chi connectivity index (χ3n) is 16.8. The molecule has 0 amide bonds. The summed E-state index contributed by atoms with van der Waals surface area (Å²) in [6.07, 6.45) is 89.6. The summed E-state index contributed by atoms with van der Waals surface area (Å²) in [6, 6.07) is 0. The molecular weight excluding hydrogens is 1380 g/mol. The molecule has 0 radical (unpaired) electrons. The average molecular weight is 1530 g/mol. The number of carbonyl (C=O) groups is 4. The van der Waals surface area contributed by atoms with Gasteiger partial charge < -0.3 is 33.8 Å². The molecule has 0 aliphatic heterocycles. The van der Waals surface area contributed by atoms with E-state index in [0.717, 1.165) is 205 Å². The summed E-state index contributed by atoms with van der Waals surface area (Å²) in [5.41, 5.74) is 0. The van der Waals surface area contributed by atoms with Gasteiger partial charge in [0.2, 0.25) is 0 Å². The zero-order valence-corrected chi connectivity index (χ0v) is 68.1. The Bertz CT molecular complexity index is 2580. The van der Waals surface area contributed by atoms with Crippen LogP contribution in [0.4, 0.5) is 0 Å². The highest BCUT2D eigenvalue weighted by atomic mass is 31.2. The van der Waals surface area contributed by atoms with Gasteiger partial charge in [0.15, 0.2) is 12.2 Å². The number of rotatable bonds is 76. The molecule has 0 aromatic carbocycles. The molecule has 106 heavy (non-hydrogen) atoms. The van der Waals surface area contributed by atoms with E-state index >= 15 is 0 Å². The fourth-order valence-electron chi connectivity index (χ4n) is 10.7. The molecule has 0 heterocycles. The number of phosphoric acid groups is 2. The zero-order chi connectivity index (χ0) is 77.4. The molecule has 5 atom stereocenters. The van der Waals surface area contributed by atoms with E-state index < -0.39 is 97.5 Å². The predicted octanol–water partition coefficient (Wildman–Crippen LogP) is 24.2. The molecule has 0 spiro atoms. The number of allylic oxidation sites excluding steroid dienone is 24. The summed E-state index contributed by atoms with van der Waals surface area (Å²) in [5.74, 6) is -2.23. The molecule has 0 aromatic rings. The number of aliphatic hydroxyl groups excluding tert-OH is 1. The minimum atomic E-state index is -4.99. The Balaban J connectivity index is 5.38. The molecule has 606 valence electrons. The fraction of sp³-hybridized carbons (Fsp3) is 0.678. The van der Waals surface area contributed by atoms with Crippen LogP contribution in [0.3, 0.4) is 0 Å². The highest BCUT2D eigenvalue weighted by Gasteiger charge is 2.30. The van der Waals surface area contributed by atoms with Crippen molar-refractivity contribution in [3.05, 3.63) is 146 Å². The normalized spacial score (nSPS) is 14.6. The SMILES string of the molecule is CC/C=C\C/C=C\C/C=C\C/C=C\C/C=C\CCCCCC(=O)OCC(COP(=O)(O)OCC(O)COP(=O)(O)OCC(COC(=O)CCCCCCCC/C=C\C/C=C\C/C=C\C/C=C\CC)OC(=O)CCCCCCCCC/C=C\C/C=C\C/C=C\CC)OC(=O)CCCCCCCCCCCCC. The van der Waals surface area contributed by atoms with E-state index in [1.807, 2.05) is 0 Å². The van der Waals surface area contributed by atoms with E-state index in [9.17, 15) is 43.2 Å². The third kappa shape index (κ3) is 77.1. The minimum Gasteiger partial charge on any atom is -0.462 e. The van der Waals surface area contributed by atoms with Gasteiger partial charge in [-0.3, -0.25) is 37.3 Å². The van der Waals surface area contributed by atoms with Crippen LogP contribution >= 0.6 is 15.6 Å². The van der Waals surface area contributed by atoms with Gasteiger partial charge in [-0.2, -0.15) is 0 Å². The summed E-state index contributed by atoms with van der Waals surface area (Å²) in [4.78, 5) is 73.1. The Labute approximate surface area is 643 Å². The predicted molar refractivity (Wildman–Crippen MR) is 436 cm³/mol. The summed E-state index contributed by atoms with van der Waals surface area (Å²) in [6.45, 7) is 4.49. The molecule has 0 aromatic heterocycles. The second kappa shape index (κ2) is 78.1. The highest BCUT2D eigenvalue weighted by molar-refractivity contribution is 7.47. The molecule has 19 heteroatoms. The summed E-state index contributed by atoms with van der Waals surface area (Å²) >= 11 is 0. The van der Waals surface area contributed by atoms with Crippen molar-refractivity contribution in [3.63, 3.8) is 0 Å². The van der Waals surface area contributed by atoms with E-state index in [1.165, 1.54) is 38.5 Å². The van der Waals surface area contributed by atoms with Gasteiger partial charge in [0.1, 0.15) is 19.3 Å². The van der Waals surface area contributed by atoms with Crippen molar-refractivity contribution in [2.24, 2.45) is 0 Å². The second-order valence-corrected chi connectivity index (χ2v) is 29.8. The van der Waals surface area contributed by atoms with Crippen LogP contribution < -0.4 is 0 Å². The van der Waals surface area contributed by atoms with Crippen molar-refractivity contribution < 1.29 is 80.2 Å². The Morgan fingerprint density at radius 1 is 0.274 bits per heavy atom. The molecule has 5 unspecified atom stereocenters. The van der Waals surface area contributed by atoms with Crippen LogP contribution in [0.1, 0.15) is 323 Å². The van der Waals surface area contributed by atoms with Gasteiger partial charge in [-0.15, -0.1) is 0 Å². The van der Waals surface area contributed by atoms with Gasteiger partial charge in [-0.25, -0.2) is 9.13 Å². The van der Waals surface area contributed by atoms with Crippen LogP contribution in [0.15, 0.2) is 146 Å². The average Bonchev–Trinajstić information content (AvgIpc) is 0.901. The lowest BCUT2D eigenvalue weighted by atomic mass is 10.1. The standard InChI is InChI=1S/C87H146O17P2/c1-5-9-13-17-21-25-29-32-35-38-40-43-45-48-52-55-59-63-67-71-84(89)97-77-82(103-86(91)73-69-65-61-57-51-28-24-20-16-12-8-4)79-101-105(93,94)99-75-81(88)76-100-106(95,96)102-80-83(104-87(92)74-70-66-62-58-54-50-47-42-37-34-31-27-23-19-15-11-7-3)78-98-85(90)72-68-64-60-56-53-49-46-44-41-39-36-33-30-26-22-18-14-10-6-2/h9-11,13-15,21-23,25-27,32-37,40-41,43-44,48,52,81-83,88H,5-8,12,16-20,24,28-31,38-39,42,45-47,49-51,53-80H2,1-4H3,(H,93,94)(H,95,96)/b13-9-,14-10-,15-11-,25-21-,26-22-,27-23-,35-32-,36-33-,37-34-,43-40-,44-41-,52-48-. The summed E-state index contributed by atoms with van der Waals surface area (Å²) < 4.78 is 68.6. The second-order valence-electron chi connectivity index (χ2n) is 26.9. The smallest absolute Gasteiger partial charge is 0.462 e. The first-order valence-electron chi connectivity index (χ1n) is 41.1. The maximum absolute atomic E-state index is 13.1. The van der Waals surface area contributed by atoms with Crippen LogP contribution in [0, 0.1) is 0 Å². The zero-order valence-electron chi connectivity index (χ0n) is 66.3. The quantitative estimate of drug-likeness (QED) is 0.0169. The Morgan fingerprint density at radius 3 is 0.764 bits per heavy atom. The van der Waals surface area contributed by atoms with E-state index in [0.29, 0.717) is 25.7 Å². The van der Waals surface area contributed by atoms with E-state index in [1.54, 1.807) is 0 Å². The number of aliphatic hydroxyl groups is 1. The molecule has 0 rings (SSSR count). The molecule has 17 nitrogen and oxygen atoms in total. The van der Waals surface area contributed by atoms with E-state index in [-0.39, 0.29) is 25.7 Å². The number of ether oxygens (including phenoxy) is 4. The number of esters is 4. The third-order valence-corrected chi connectivity index (χ3v) is 18.7. The lowest BCUT2D eigenvalue weighted by Gasteiger charge is -2.21. The monoisotopic (exact) mass is 1530 g/mol. The Morgan fingerprint density at radius 2 is 0.491 bits per heavy atom. The van der Waals surface area contributed by atoms with Crippen LogP contribution in [-0.2, 0) is 65.4 Å². The topological polar surface area (TPSA) is 237 Å². The lowest BCUT2D eigenvalue weighted by molar-refractivity contribution is -0.161. The number of hydrogen-bond acceptors (Lipinski definition) is 15. The number of unbranched alkanes of at least 4 members (excludes halogenated alkanes) is 26. The van der Waals surface area contributed by atoms with Gasteiger partial charge in [0, 0.05) is 25.7 Å². The van der Waals surface area contributed by atoms with Crippen molar-refractivity contribution in [3.8, 4) is 0 Å². The maximum atomic E-state index is 13.1. The van der Waals surface area contributed by atoms with Crippen LogP contribution in [0.25, 0.3) is 0 Å². The van der Waals surface area contributed by atoms with Crippen molar-refractivity contribution >= 4 is 39.5 Å². The van der Waals surface area contributed by atoms with Crippen molar-refractivity contribution in [1.29, 1.82) is 0 Å². The van der Waals surface area contributed by atoms with Gasteiger partial charge in [0.25, 0.3) is 0 Å². The van der Waals surface area contributed by atoms with Crippen molar-refractivity contribution in [2.75, 3.05) is 39.6 Å². The number of hydrogen-bond donors (Lipinski definition) is 3. The Kier molecular flexibility index (Phi) is 74.3. The van der Waals surface area contributed by atoms with Crippen LogP contribution in [0.2, 0.25) is 0 Å². The van der Waals surface area contributed by atoms with E-state index in [4.69, 9.17) is 37.0 Å². The first-order chi connectivity index (χ1) is 51.7. The molecule has 0 saturated heterocycles. The van der Waals surface area contributed by atoms with Crippen LogP contribution in [-0.4, -0.2) is 96.7 Å². The highest BCUT2D eigenvalue weighted by Crippen LogP contribution is 2.45. The first-order valence-corrected chi connectivity index (χ1v) is 44.1. The lowest BCUT2D eigenvalue weighted by Crippen LogP contribution is -2.30. The van der Waals surface area contributed by atoms with Gasteiger partial charge in [-0.1, -0.05) is 302 Å². The molecule has 0 bridgehead atoms. The largest absolute Gasteiger partial charge is 0.472 e. The van der Waals surface area contributed by atoms with Crippen molar-refractivity contribution in [1.82, 2.24) is 0 Å². The molecule has 0 saturated carbocycles. The van der Waals surface area contributed by atoms with Gasteiger partial charge >= 0.3 is 39.5 Å². The van der Waals surface area contributed by atoms with Crippen LogP contribution in [0.5, 0.6) is 0 Å². The fourth-order valence-corrected chi connectivity index (χ4v) is 12.2. The molecule has 3 N–H and O–H groups in total. The molecule has 0 aliphatic carbocycles. The van der Waals surface area contributed by atoms with Gasteiger partial charge in [-0.05, 0) is 141 Å². The summed E-state index contributed by atoms with van der Waals surface area (Å²) in [5, 5.41) is 10.7.